The Kier molecular flexibility index (Phi) is 14.3. The molecule has 0 aliphatic heterocycles. The van der Waals surface area contributed by atoms with Crippen molar-refractivity contribution in [2.24, 2.45) is 17.8 Å². The Hall–Kier alpha value is -1.75. The molecule has 37 heavy (non-hydrogen) atoms. The molecule has 0 N–H and O–H groups in total. The van der Waals surface area contributed by atoms with Crippen LogP contribution in [0.15, 0.2) is 30.7 Å². The second-order valence-electron chi connectivity index (χ2n) is 11.8. The summed E-state index contributed by atoms with van der Waals surface area (Å²) < 4.78 is 6.10. The molecule has 0 saturated heterocycles. The number of pyridine rings is 1. The predicted molar refractivity (Wildman–Crippen MR) is 160 cm³/mol. The Bertz CT molecular complexity index is 855. The van der Waals surface area contributed by atoms with Gasteiger partial charge < -0.3 is 4.43 Å². The second kappa shape index (κ2) is 17.7. The number of aryl methyl sites for hydroxylation is 1. The molecule has 2 aromatic rings. The summed E-state index contributed by atoms with van der Waals surface area (Å²) in [6.07, 6.45) is 27.4. The van der Waals surface area contributed by atoms with Crippen LogP contribution in [0.5, 0.6) is 5.88 Å². The van der Waals surface area contributed by atoms with Crippen LogP contribution in [0.3, 0.4) is 0 Å². The molecule has 0 spiro atoms. The van der Waals surface area contributed by atoms with Gasteiger partial charge in [-0.25, -0.2) is 4.98 Å². The van der Waals surface area contributed by atoms with E-state index in [1.54, 1.807) is 6.20 Å². The van der Waals surface area contributed by atoms with E-state index >= 15 is 0 Å². The van der Waals surface area contributed by atoms with Crippen LogP contribution in [0.1, 0.15) is 123 Å². The van der Waals surface area contributed by atoms with E-state index in [4.69, 9.17) is 14.4 Å². The molecular formula is C32H53N3OSi. The number of unbranched alkanes of at least 4 members (excludes halogenated alkanes) is 7. The lowest BCUT2D eigenvalue weighted by atomic mass is 9.95. The quantitative estimate of drug-likeness (QED) is 0.121. The first kappa shape index (κ1) is 29.8. The van der Waals surface area contributed by atoms with Crippen molar-refractivity contribution >= 4 is 9.76 Å². The zero-order valence-electron chi connectivity index (χ0n) is 24.1. The molecule has 2 atom stereocenters. The van der Waals surface area contributed by atoms with Crippen LogP contribution in [0.25, 0.3) is 11.3 Å². The van der Waals surface area contributed by atoms with Gasteiger partial charge in [0.1, 0.15) is 0 Å². The number of nitrogens with zero attached hydrogens (tertiary/aromatic N) is 3. The zero-order valence-corrected chi connectivity index (χ0v) is 25.5. The van der Waals surface area contributed by atoms with E-state index in [9.17, 15) is 0 Å². The van der Waals surface area contributed by atoms with Gasteiger partial charge in [-0.1, -0.05) is 111 Å². The van der Waals surface area contributed by atoms with Gasteiger partial charge in [-0.3, -0.25) is 9.97 Å². The lowest BCUT2D eigenvalue weighted by molar-refractivity contribution is 0.412. The topological polar surface area (TPSA) is 47.9 Å². The monoisotopic (exact) mass is 523 g/mol. The first-order chi connectivity index (χ1) is 18.1. The highest BCUT2D eigenvalue weighted by molar-refractivity contribution is 6.28. The third-order valence-electron chi connectivity index (χ3n) is 8.04. The van der Waals surface area contributed by atoms with Gasteiger partial charge in [0.25, 0.3) is 0 Å². The molecule has 3 rings (SSSR count). The van der Waals surface area contributed by atoms with Crippen LogP contribution < -0.4 is 4.43 Å². The van der Waals surface area contributed by atoms with Crippen LogP contribution in [0.4, 0.5) is 0 Å². The highest BCUT2D eigenvalue weighted by Crippen LogP contribution is 2.34. The number of hydrogen-bond donors (Lipinski definition) is 0. The summed E-state index contributed by atoms with van der Waals surface area (Å²) in [7, 11) is -0.637. The van der Waals surface area contributed by atoms with E-state index in [2.05, 4.69) is 37.9 Å². The summed E-state index contributed by atoms with van der Waals surface area (Å²) in [5.74, 6) is 3.36. The van der Waals surface area contributed by atoms with E-state index in [0.717, 1.165) is 35.4 Å². The molecule has 0 amide bonds. The van der Waals surface area contributed by atoms with Crippen molar-refractivity contribution in [1.29, 1.82) is 0 Å². The van der Waals surface area contributed by atoms with E-state index in [-0.39, 0.29) is 0 Å². The maximum atomic E-state index is 6.10. The number of aromatic nitrogens is 3. The van der Waals surface area contributed by atoms with Crippen molar-refractivity contribution in [3.05, 3.63) is 36.4 Å². The molecule has 2 unspecified atom stereocenters. The van der Waals surface area contributed by atoms with Crippen molar-refractivity contribution in [3.8, 4) is 17.1 Å². The zero-order chi connectivity index (χ0) is 26.1. The maximum Gasteiger partial charge on any atom is 0.221 e. The van der Waals surface area contributed by atoms with Gasteiger partial charge in [0.15, 0.2) is 0 Å². The molecule has 0 aromatic carbocycles. The maximum absolute atomic E-state index is 6.10. The van der Waals surface area contributed by atoms with Crippen molar-refractivity contribution in [1.82, 2.24) is 15.0 Å². The molecule has 1 fully saturated rings. The summed E-state index contributed by atoms with van der Waals surface area (Å²) in [5.41, 5.74) is 3.05. The van der Waals surface area contributed by atoms with Crippen molar-refractivity contribution in [2.75, 3.05) is 0 Å². The predicted octanol–water partition coefficient (Wildman–Crippen LogP) is 8.74. The van der Waals surface area contributed by atoms with E-state index < -0.39 is 9.76 Å². The molecule has 2 heterocycles. The molecule has 0 bridgehead atoms. The minimum Gasteiger partial charge on any atom is -0.535 e. The van der Waals surface area contributed by atoms with Gasteiger partial charge in [0.05, 0.1) is 18.1 Å². The first-order valence-electron chi connectivity index (χ1n) is 15.5. The standard InChI is InChI=1S/C32H53N3OSi/c1-4-5-13-26(2)16-17-27(3)25-37-36-32-24-33-23-31(35-32)29-20-21-30(34-22-29)15-12-10-8-6-7-9-11-14-28-18-19-28/h20-24,26-28H,4-19,25,37H2,1-3H3. The lowest BCUT2D eigenvalue weighted by Crippen LogP contribution is -2.09. The Morgan fingerprint density at radius 1 is 0.865 bits per heavy atom. The van der Waals surface area contributed by atoms with Gasteiger partial charge in [0.2, 0.25) is 15.6 Å². The third kappa shape index (κ3) is 13.0. The van der Waals surface area contributed by atoms with Crippen LogP contribution >= 0.6 is 0 Å². The summed E-state index contributed by atoms with van der Waals surface area (Å²) in [5, 5.41) is 0. The third-order valence-corrected chi connectivity index (χ3v) is 9.76. The van der Waals surface area contributed by atoms with Crippen LogP contribution in [0, 0.1) is 17.8 Å². The second-order valence-corrected chi connectivity index (χ2v) is 13.1. The largest absolute Gasteiger partial charge is 0.535 e. The van der Waals surface area contributed by atoms with Crippen LogP contribution in [-0.4, -0.2) is 24.7 Å². The smallest absolute Gasteiger partial charge is 0.221 e. The van der Waals surface area contributed by atoms with Crippen LogP contribution in [0.2, 0.25) is 6.04 Å². The average molecular weight is 524 g/mol. The van der Waals surface area contributed by atoms with Gasteiger partial charge >= 0.3 is 0 Å². The molecule has 5 heteroatoms. The fraction of sp³-hybridized carbons (Fsp3) is 0.719. The first-order valence-corrected chi connectivity index (χ1v) is 17.1. The normalized spacial score (nSPS) is 15.3. The average Bonchev–Trinajstić information content (AvgIpc) is 3.75. The SMILES string of the molecule is CCCCC(C)CCC(C)C[SiH2]Oc1cncc(-c2ccc(CCCCCCCCCC3CC3)nc2)n1. The fourth-order valence-corrected chi connectivity index (χ4v) is 6.24. The molecule has 1 saturated carbocycles. The molecule has 206 valence electrons. The lowest BCUT2D eigenvalue weighted by Gasteiger charge is -2.15. The highest BCUT2D eigenvalue weighted by Gasteiger charge is 2.19. The van der Waals surface area contributed by atoms with Crippen molar-refractivity contribution in [3.63, 3.8) is 0 Å². The molecule has 0 radical (unpaired) electrons. The minimum absolute atomic E-state index is 0.637. The highest BCUT2D eigenvalue weighted by atomic mass is 28.2. The minimum atomic E-state index is -0.637. The van der Waals surface area contributed by atoms with Gasteiger partial charge in [0, 0.05) is 17.5 Å². The van der Waals surface area contributed by atoms with Gasteiger partial charge in [-0.2, -0.15) is 0 Å². The summed E-state index contributed by atoms with van der Waals surface area (Å²) in [6, 6.07) is 5.48. The Morgan fingerprint density at radius 3 is 2.35 bits per heavy atom. The van der Waals surface area contributed by atoms with Gasteiger partial charge in [-0.05, 0) is 48.8 Å². The van der Waals surface area contributed by atoms with E-state index in [1.807, 2.05) is 12.4 Å². The molecule has 4 nitrogen and oxygen atoms in total. The summed E-state index contributed by atoms with van der Waals surface area (Å²) >= 11 is 0. The molecular weight excluding hydrogens is 470 g/mol. The number of hydrogen-bond acceptors (Lipinski definition) is 4. The van der Waals surface area contributed by atoms with Crippen molar-refractivity contribution < 1.29 is 4.43 Å². The summed E-state index contributed by atoms with van der Waals surface area (Å²) in [6.45, 7) is 7.05. The van der Waals surface area contributed by atoms with Crippen LogP contribution in [-0.2, 0) is 6.42 Å². The van der Waals surface area contributed by atoms with Gasteiger partial charge in [-0.15, -0.1) is 0 Å². The Labute approximate surface area is 229 Å². The molecule has 2 aromatic heterocycles. The number of rotatable bonds is 21. The fourth-order valence-electron chi connectivity index (χ4n) is 5.09. The van der Waals surface area contributed by atoms with Crippen molar-refractivity contribution in [2.45, 2.75) is 130 Å². The Balaban J connectivity index is 1.29. The Morgan fingerprint density at radius 2 is 1.62 bits per heavy atom. The van der Waals surface area contributed by atoms with E-state index in [0.29, 0.717) is 5.88 Å². The summed E-state index contributed by atoms with van der Waals surface area (Å²) in [4.78, 5) is 13.8. The molecule has 1 aliphatic carbocycles. The van der Waals surface area contributed by atoms with E-state index in [1.165, 1.54) is 108 Å². The molecule has 1 aliphatic rings.